The smallest absolute Gasteiger partial charge is 0.00748 e. The molecule has 1 rings (SSSR count). The van der Waals surface area contributed by atoms with E-state index in [1.54, 1.807) is 0 Å². The third kappa shape index (κ3) is 3.59. The summed E-state index contributed by atoms with van der Waals surface area (Å²) >= 11 is 1.94. The second kappa shape index (κ2) is 5.92. The molecule has 0 saturated carbocycles. The maximum atomic E-state index is 3.73. The van der Waals surface area contributed by atoms with E-state index in [9.17, 15) is 0 Å². The average Bonchev–Trinajstić information content (AvgIpc) is 2.21. The van der Waals surface area contributed by atoms with Crippen molar-refractivity contribution in [3.8, 4) is 0 Å². The molecule has 0 N–H and O–H groups in total. The van der Waals surface area contributed by atoms with E-state index in [0.717, 1.165) is 6.42 Å². The summed E-state index contributed by atoms with van der Waals surface area (Å²) in [4.78, 5) is 1.37. The van der Waals surface area contributed by atoms with Gasteiger partial charge in [-0.1, -0.05) is 32.1 Å². The highest BCUT2D eigenvalue weighted by Crippen LogP contribution is 2.25. The minimum Gasteiger partial charge on any atom is -0.123 e. The molecule has 0 radical (unpaired) electrons. The topological polar surface area (TPSA) is 0 Å². The van der Waals surface area contributed by atoms with Crippen molar-refractivity contribution in [3.05, 3.63) is 42.5 Å². The van der Waals surface area contributed by atoms with Crippen LogP contribution in [0.1, 0.15) is 25.8 Å². The molecule has 1 atom stereocenters. The molecule has 1 unspecified atom stereocenters. The molecule has 0 heterocycles. The third-order valence-corrected chi connectivity index (χ3v) is 3.50. The first-order valence-corrected chi connectivity index (χ1v) is 6.00. The van der Waals surface area contributed by atoms with Crippen LogP contribution in [-0.2, 0) is 6.42 Å². The summed E-state index contributed by atoms with van der Waals surface area (Å²) < 4.78 is 0. The summed E-state index contributed by atoms with van der Waals surface area (Å²) in [6.07, 6.45) is 4.13. The van der Waals surface area contributed by atoms with Crippen molar-refractivity contribution in [3.63, 3.8) is 0 Å². The molecule has 0 bridgehead atoms. The maximum absolute atomic E-state index is 3.73. The van der Waals surface area contributed by atoms with Gasteiger partial charge in [0, 0.05) is 10.1 Å². The van der Waals surface area contributed by atoms with Crippen molar-refractivity contribution in [2.75, 3.05) is 0 Å². The Labute approximate surface area is 91.4 Å². The lowest BCUT2D eigenvalue weighted by molar-refractivity contribution is 0.905. The molecule has 0 spiro atoms. The second-order valence-electron chi connectivity index (χ2n) is 3.47. The van der Waals surface area contributed by atoms with Crippen LogP contribution >= 0.6 is 11.8 Å². The summed E-state index contributed by atoms with van der Waals surface area (Å²) in [5.41, 5.74) is 1.34. The van der Waals surface area contributed by atoms with E-state index in [-0.39, 0.29) is 0 Å². The molecule has 1 aromatic carbocycles. The minimum absolute atomic E-state index is 0.709. The van der Waals surface area contributed by atoms with Crippen LogP contribution in [0.25, 0.3) is 0 Å². The van der Waals surface area contributed by atoms with Crippen molar-refractivity contribution < 1.29 is 0 Å². The summed E-state index contributed by atoms with van der Waals surface area (Å²) in [5, 5.41) is 0.709. The summed E-state index contributed by atoms with van der Waals surface area (Å²) in [6.45, 7) is 8.23. The number of hydrogen-bond acceptors (Lipinski definition) is 1. The minimum atomic E-state index is 0.709. The van der Waals surface area contributed by atoms with Crippen LogP contribution in [0.3, 0.4) is 0 Å². The fourth-order valence-electron chi connectivity index (χ4n) is 1.19. The van der Waals surface area contributed by atoms with Crippen LogP contribution in [0.15, 0.2) is 41.8 Å². The molecule has 14 heavy (non-hydrogen) atoms. The lowest BCUT2D eigenvalue weighted by Gasteiger charge is -2.08. The second-order valence-corrected chi connectivity index (χ2v) is 4.99. The van der Waals surface area contributed by atoms with E-state index < -0.39 is 0 Å². The molecule has 0 aliphatic heterocycles. The van der Waals surface area contributed by atoms with Gasteiger partial charge in [-0.15, -0.1) is 18.3 Å². The summed E-state index contributed by atoms with van der Waals surface area (Å²) in [5.74, 6) is 0. The van der Waals surface area contributed by atoms with E-state index in [4.69, 9.17) is 0 Å². The predicted molar refractivity (Wildman–Crippen MR) is 66.0 cm³/mol. The highest BCUT2D eigenvalue weighted by molar-refractivity contribution is 7.99. The van der Waals surface area contributed by atoms with E-state index in [1.165, 1.54) is 16.9 Å². The van der Waals surface area contributed by atoms with Gasteiger partial charge in [0.2, 0.25) is 0 Å². The van der Waals surface area contributed by atoms with Gasteiger partial charge in [-0.25, -0.2) is 0 Å². The first-order valence-electron chi connectivity index (χ1n) is 5.12. The molecule has 0 aromatic heterocycles. The molecule has 1 heteroatoms. The SMILES string of the molecule is C=CCc1ccc(SC(C)CC)cc1. The Hall–Kier alpha value is -0.690. The average molecular weight is 206 g/mol. The van der Waals surface area contributed by atoms with Crippen LogP contribution < -0.4 is 0 Å². The Morgan fingerprint density at radius 1 is 1.36 bits per heavy atom. The van der Waals surface area contributed by atoms with E-state index in [2.05, 4.69) is 44.7 Å². The van der Waals surface area contributed by atoms with Gasteiger partial charge in [0.1, 0.15) is 0 Å². The third-order valence-electron chi connectivity index (χ3n) is 2.22. The van der Waals surface area contributed by atoms with Crippen molar-refractivity contribution in [1.82, 2.24) is 0 Å². The van der Waals surface area contributed by atoms with Crippen molar-refractivity contribution in [1.29, 1.82) is 0 Å². The quantitative estimate of drug-likeness (QED) is 0.511. The molecule has 1 aromatic rings. The van der Waals surface area contributed by atoms with Crippen LogP contribution in [0.4, 0.5) is 0 Å². The number of benzene rings is 1. The lowest BCUT2D eigenvalue weighted by atomic mass is 10.2. The Morgan fingerprint density at radius 2 is 2.00 bits per heavy atom. The van der Waals surface area contributed by atoms with E-state index >= 15 is 0 Å². The van der Waals surface area contributed by atoms with Gasteiger partial charge in [-0.2, -0.15) is 0 Å². The fraction of sp³-hybridized carbons (Fsp3) is 0.385. The largest absolute Gasteiger partial charge is 0.123 e. The van der Waals surface area contributed by atoms with Gasteiger partial charge in [0.25, 0.3) is 0 Å². The van der Waals surface area contributed by atoms with Crippen LogP contribution in [0.5, 0.6) is 0 Å². The van der Waals surface area contributed by atoms with E-state index in [0.29, 0.717) is 5.25 Å². The van der Waals surface area contributed by atoms with E-state index in [1.807, 2.05) is 17.8 Å². The number of rotatable bonds is 5. The zero-order valence-corrected chi connectivity index (χ0v) is 9.81. The van der Waals surface area contributed by atoms with Gasteiger partial charge < -0.3 is 0 Å². The molecule has 0 aliphatic rings. The van der Waals surface area contributed by atoms with Gasteiger partial charge in [0.15, 0.2) is 0 Å². The summed E-state index contributed by atoms with van der Waals surface area (Å²) in [6, 6.07) is 8.78. The summed E-state index contributed by atoms with van der Waals surface area (Å²) in [7, 11) is 0. The van der Waals surface area contributed by atoms with Crippen LogP contribution in [-0.4, -0.2) is 5.25 Å². The molecule has 0 amide bonds. The Balaban J connectivity index is 2.59. The lowest BCUT2D eigenvalue weighted by Crippen LogP contribution is -1.91. The molecule has 0 nitrogen and oxygen atoms in total. The molecule has 0 saturated heterocycles. The molecule has 0 aliphatic carbocycles. The number of allylic oxidation sites excluding steroid dienone is 1. The molecule has 0 fully saturated rings. The molecular formula is C13H18S. The Kier molecular flexibility index (Phi) is 4.81. The first-order chi connectivity index (χ1) is 6.76. The van der Waals surface area contributed by atoms with Gasteiger partial charge >= 0.3 is 0 Å². The fourth-order valence-corrected chi connectivity index (χ4v) is 2.11. The van der Waals surface area contributed by atoms with Crippen LogP contribution in [0.2, 0.25) is 0 Å². The first kappa shape index (κ1) is 11.4. The molecule has 76 valence electrons. The standard InChI is InChI=1S/C13H18S/c1-4-6-12-7-9-13(10-8-12)14-11(3)5-2/h4,7-11H,1,5-6H2,2-3H3. The molecular weight excluding hydrogens is 188 g/mol. The van der Waals surface area contributed by atoms with Crippen LogP contribution in [0, 0.1) is 0 Å². The Morgan fingerprint density at radius 3 is 2.50 bits per heavy atom. The normalized spacial score (nSPS) is 12.4. The number of thioether (sulfide) groups is 1. The highest BCUT2D eigenvalue weighted by atomic mass is 32.2. The zero-order valence-electron chi connectivity index (χ0n) is 8.99. The maximum Gasteiger partial charge on any atom is 0.00748 e. The van der Waals surface area contributed by atoms with Crippen molar-refractivity contribution in [2.24, 2.45) is 0 Å². The van der Waals surface area contributed by atoms with Crippen molar-refractivity contribution in [2.45, 2.75) is 36.8 Å². The Bertz CT molecular complexity index is 274. The van der Waals surface area contributed by atoms with Gasteiger partial charge in [-0.3, -0.25) is 0 Å². The van der Waals surface area contributed by atoms with Crippen molar-refractivity contribution >= 4 is 11.8 Å². The monoisotopic (exact) mass is 206 g/mol. The van der Waals surface area contributed by atoms with Gasteiger partial charge in [0.05, 0.1) is 0 Å². The highest BCUT2D eigenvalue weighted by Gasteiger charge is 2.00. The predicted octanol–water partition coefficient (Wildman–Crippen LogP) is 4.31. The number of hydrogen-bond donors (Lipinski definition) is 0. The zero-order chi connectivity index (χ0) is 10.4. The van der Waals surface area contributed by atoms with Gasteiger partial charge in [-0.05, 0) is 30.5 Å².